The first kappa shape index (κ1) is 24.5. The minimum absolute atomic E-state index is 0.0381. The van der Waals surface area contributed by atoms with Crippen LogP contribution in [-0.4, -0.2) is 46.1 Å². The summed E-state index contributed by atoms with van der Waals surface area (Å²) in [7, 11) is 1.45. The number of hydrogen-bond acceptors (Lipinski definition) is 6. The van der Waals surface area contributed by atoms with E-state index in [4.69, 9.17) is 27.9 Å². The van der Waals surface area contributed by atoms with Gasteiger partial charge in [0.15, 0.2) is 11.5 Å². The van der Waals surface area contributed by atoms with E-state index in [1.165, 1.54) is 44.1 Å². The molecule has 0 atom stereocenters. The second kappa shape index (κ2) is 11.2. The van der Waals surface area contributed by atoms with Crippen molar-refractivity contribution in [3.05, 3.63) is 59.1 Å². The van der Waals surface area contributed by atoms with Crippen molar-refractivity contribution in [2.45, 2.75) is 19.3 Å². The van der Waals surface area contributed by atoms with Gasteiger partial charge >= 0.3 is 0 Å². The molecule has 0 unspecified atom stereocenters. The Hall–Kier alpha value is -3.10. The molecular formula is C23H23Cl2FN4O3. The molecule has 2 heterocycles. The molecular weight excluding hydrogens is 470 g/mol. The molecule has 7 nitrogen and oxygen atoms in total. The van der Waals surface area contributed by atoms with E-state index in [1.54, 1.807) is 6.07 Å². The van der Waals surface area contributed by atoms with Gasteiger partial charge in [-0.15, -0.1) is 0 Å². The molecule has 33 heavy (non-hydrogen) atoms. The highest BCUT2D eigenvalue weighted by atomic mass is 35.5. The molecule has 1 saturated heterocycles. The van der Waals surface area contributed by atoms with Gasteiger partial charge in [0.2, 0.25) is 5.91 Å². The summed E-state index contributed by atoms with van der Waals surface area (Å²) in [5.74, 6) is 0.0977. The average molecular weight is 493 g/mol. The lowest BCUT2D eigenvalue weighted by molar-refractivity contribution is -0.126. The van der Waals surface area contributed by atoms with Crippen LogP contribution in [0.1, 0.15) is 19.3 Å². The Bertz CT molecular complexity index is 1170. The van der Waals surface area contributed by atoms with E-state index in [0.29, 0.717) is 28.2 Å². The standard InChI is InChI=1S/C15H10Cl2FN3O2.C8H13NO/c1-23-12-5-10-7(4-11(12)22)15(20-6-19-10)21-9-3-2-8(18)13(16)14(9)17;1-2-8(10)9-6-4-3-5-7-9/h2-6,22H,1H3,(H,19,20,21);2H,1,3-7H2. The molecule has 1 fully saturated rings. The van der Waals surface area contributed by atoms with Crippen molar-refractivity contribution in [3.63, 3.8) is 0 Å². The lowest BCUT2D eigenvalue weighted by atomic mass is 10.1. The van der Waals surface area contributed by atoms with Crippen LogP contribution in [0.4, 0.5) is 15.9 Å². The fraction of sp³-hybridized carbons (Fsp3) is 0.261. The average Bonchev–Trinajstić information content (AvgIpc) is 2.84. The number of piperidine rings is 1. The molecule has 1 amide bonds. The molecule has 3 aromatic rings. The molecule has 0 radical (unpaired) electrons. The number of carbonyl (C=O) groups excluding carboxylic acids is 1. The molecule has 10 heteroatoms. The number of carbonyl (C=O) groups is 1. The number of phenolic OH excluding ortho intramolecular Hbond substituents is 1. The number of ether oxygens (including phenoxy) is 1. The fourth-order valence-corrected chi connectivity index (χ4v) is 3.69. The summed E-state index contributed by atoms with van der Waals surface area (Å²) in [6.45, 7) is 5.29. The van der Waals surface area contributed by atoms with Crippen LogP contribution in [0.3, 0.4) is 0 Å². The van der Waals surface area contributed by atoms with E-state index in [-0.39, 0.29) is 21.7 Å². The van der Waals surface area contributed by atoms with Crippen molar-refractivity contribution in [2.24, 2.45) is 0 Å². The number of nitrogens with zero attached hydrogens (tertiary/aromatic N) is 3. The molecule has 0 aliphatic carbocycles. The van der Waals surface area contributed by atoms with Crippen LogP contribution in [0.25, 0.3) is 10.9 Å². The van der Waals surface area contributed by atoms with E-state index in [0.717, 1.165) is 25.9 Å². The molecule has 174 valence electrons. The SMILES string of the molecule is C=CC(=O)N1CCCCC1.COc1cc2ncnc(Nc3ccc(F)c(Cl)c3Cl)c2cc1O. The van der Waals surface area contributed by atoms with Gasteiger partial charge in [0.1, 0.15) is 18.0 Å². The van der Waals surface area contributed by atoms with Crippen molar-refractivity contribution >= 4 is 51.5 Å². The van der Waals surface area contributed by atoms with Crippen LogP contribution in [0.2, 0.25) is 10.0 Å². The molecule has 0 spiro atoms. The molecule has 1 aliphatic heterocycles. The minimum atomic E-state index is -0.614. The number of likely N-dealkylation sites (tertiary alicyclic amines) is 1. The molecule has 2 aromatic carbocycles. The van der Waals surface area contributed by atoms with Gasteiger partial charge in [-0.2, -0.15) is 0 Å². The Morgan fingerprint density at radius 1 is 1.21 bits per heavy atom. The lowest BCUT2D eigenvalue weighted by Gasteiger charge is -2.25. The summed E-state index contributed by atoms with van der Waals surface area (Å²) < 4.78 is 18.4. The Labute approximate surface area is 200 Å². The number of phenols is 1. The van der Waals surface area contributed by atoms with Gasteiger partial charge in [0.05, 0.1) is 28.4 Å². The van der Waals surface area contributed by atoms with Gasteiger partial charge in [-0.1, -0.05) is 29.8 Å². The third-order valence-corrected chi connectivity index (χ3v) is 5.93. The molecule has 4 rings (SSSR count). The Balaban J connectivity index is 0.000000257. The number of amides is 1. The molecule has 1 aliphatic rings. The normalized spacial score (nSPS) is 13.2. The first-order valence-corrected chi connectivity index (χ1v) is 10.9. The van der Waals surface area contributed by atoms with Crippen LogP contribution in [-0.2, 0) is 4.79 Å². The van der Waals surface area contributed by atoms with Crippen LogP contribution < -0.4 is 10.1 Å². The number of aromatic hydroxyl groups is 1. The number of rotatable bonds is 4. The highest BCUT2D eigenvalue weighted by Crippen LogP contribution is 2.37. The number of nitrogens with one attached hydrogen (secondary N) is 1. The molecule has 0 saturated carbocycles. The summed E-state index contributed by atoms with van der Waals surface area (Å²) in [5, 5.41) is 13.3. The summed E-state index contributed by atoms with van der Waals surface area (Å²) in [6.07, 6.45) is 6.31. The maximum absolute atomic E-state index is 13.4. The number of aromatic nitrogens is 2. The predicted molar refractivity (Wildman–Crippen MR) is 128 cm³/mol. The Kier molecular flexibility index (Phi) is 8.30. The van der Waals surface area contributed by atoms with E-state index in [2.05, 4.69) is 21.9 Å². The van der Waals surface area contributed by atoms with E-state index in [9.17, 15) is 14.3 Å². The number of fused-ring (bicyclic) bond motifs is 1. The van der Waals surface area contributed by atoms with Crippen molar-refractivity contribution in [1.82, 2.24) is 14.9 Å². The second-order valence-electron chi connectivity index (χ2n) is 7.20. The van der Waals surface area contributed by atoms with Gasteiger partial charge in [0, 0.05) is 24.5 Å². The lowest BCUT2D eigenvalue weighted by Crippen LogP contribution is -2.34. The third kappa shape index (κ3) is 5.83. The molecule has 2 N–H and O–H groups in total. The van der Waals surface area contributed by atoms with Crippen molar-refractivity contribution in [1.29, 1.82) is 0 Å². The summed E-state index contributed by atoms with van der Waals surface area (Å²) in [6, 6.07) is 5.69. The smallest absolute Gasteiger partial charge is 0.245 e. The molecule has 0 bridgehead atoms. The largest absolute Gasteiger partial charge is 0.504 e. The quantitative estimate of drug-likeness (QED) is 0.357. The predicted octanol–water partition coefficient (Wildman–Crippen LogP) is 5.72. The van der Waals surface area contributed by atoms with Gasteiger partial charge in [-0.25, -0.2) is 14.4 Å². The summed E-state index contributed by atoms with van der Waals surface area (Å²) in [5.41, 5.74) is 0.940. The van der Waals surface area contributed by atoms with E-state index in [1.807, 2.05) is 4.90 Å². The maximum Gasteiger partial charge on any atom is 0.245 e. The zero-order chi connectivity index (χ0) is 24.0. The Morgan fingerprint density at radius 2 is 1.94 bits per heavy atom. The van der Waals surface area contributed by atoms with Crippen LogP contribution in [0.15, 0.2) is 43.2 Å². The highest BCUT2D eigenvalue weighted by molar-refractivity contribution is 6.43. The van der Waals surface area contributed by atoms with Gasteiger partial charge in [-0.05, 0) is 43.5 Å². The zero-order valence-corrected chi connectivity index (χ0v) is 19.5. The van der Waals surface area contributed by atoms with E-state index < -0.39 is 5.82 Å². The second-order valence-corrected chi connectivity index (χ2v) is 7.96. The zero-order valence-electron chi connectivity index (χ0n) is 17.9. The number of hydrogen-bond donors (Lipinski definition) is 2. The number of anilines is 2. The third-order valence-electron chi connectivity index (χ3n) is 5.07. The number of methoxy groups -OCH3 is 1. The maximum atomic E-state index is 13.4. The summed E-state index contributed by atoms with van der Waals surface area (Å²) in [4.78, 5) is 21.1. The van der Waals surface area contributed by atoms with Crippen LogP contribution in [0.5, 0.6) is 11.5 Å². The minimum Gasteiger partial charge on any atom is -0.504 e. The first-order valence-electron chi connectivity index (χ1n) is 10.2. The van der Waals surface area contributed by atoms with Crippen molar-refractivity contribution < 1.29 is 19.0 Å². The fourth-order valence-electron chi connectivity index (χ4n) is 3.33. The topological polar surface area (TPSA) is 87.6 Å². The van der Waals surface area contributed by atoms with Gasteiger partial charge < -0.3 is 20.1 Å². The van der Waals surface area contributed by atoms with Gasteiger partial charge in [-0.3, -0.25) is 4.79 Å². The number of halogens is 3. The first-order chi connectivity index (χ1) is 15.8. The van der Waals surface area contributed by atoms with Gasteiger partial charge in [0.25, 0.3) is 0 Å². The number of benzene rings is 2. The van der Waals surface area contributed by atoms with Crippen LogP contribution >= 0.6 is 23.2 Å². The van der Waals surface area contributed by atoms with Crippen molar-refractivity contribution in [2.75, 3.05) is 25.5 Å². The highest BCUT2D eigenvalue weighted by Gasteiger charge is 2.14. The Morgan fingerprint density at radius 3 is 2.61 bits per heavy atom. The summed E-state index contributed by atoms with van der Waals surface area (Å²) >= 11 is 11.8. The molecule has 1 aromatic heterocycles. The van der Waals surface area contributed by atoms with Crippen molar-refractivity contribution in [3.8, 4) is 11.5 Å². The van der Waals surface area contributed by atoms with E-state index >= 15 is 0 Å². The van der Waals surface area contributed by atoms with Crippen LogP contribution in [0, 0.1) is 5.82 Å². The monoisotopic (exact) mass is 492 g/mol.